The van der Waals surface area contributed by atoms with E-state index >= 15 is 0 Å². The van der Waals surface area contributed by atoms with Crippen LogP contribution in [-0.2, 0) is 9.53 Å². The number of nitrogens with one attached hydrogen (secondary N) is 1. The summed E-state index contributed by atoms with van der Waals surface area (Å²) in [5.74, 6) is -0.352. The lowest BCUT2D eigenvalue weighted by molar-refractivity contribution is -0.145. The first-order chi connectivity index (χ1) is 8.92. The number of aryl methyl sites for hydroxylation is 1. The third-order valence-electron chi connectivity index (χ3n) is 2.85. The Morgan fingerprint density at radius 2 is 2.16 bits per heavy atom. The lowest BCUT2D eigenvalue weighted by Gasteiger charge is -2.28. The Morgan fingerprint density at radius 1 is 1.47 bits per heavy atom. The number of carbonyl (C=O) groups is 1. The Kier molecular flexibility index (Phi) is 5.54. The second kappa shape index (κ2) is 6.70. The third kappa shape index (κ3) is 4.06. The largest absolute Gasteiger partial charge is 0.464 e. The maximum Gasteiger partial charge on any atom is 0.342 e. The van der Waals surface area contributed by atoms with E-state index in [9.17, 15) is 4.79 Å². The van der Waals surface area contributed by atoms with Crippen molar-refractivity contribution in [3.8, 4) is 0 Å². The van der Waals surface area contributed by atoms with Crippen LogP contribution in [0, 0.1) is 6.92 Å². The molecule has 0 bridgehead atoms. The highest BCUT2D eigenvalue weighted by Crippen LogP contribution is 2.27. The van der Waals surface area contributed by atoms with E-state index in [1.807, 2.05) is 32.0 Å². The van der Waals surface area contributed by atoms with Gasteiger partial charge in [-0.25, -0.2) is 4.79 Å². The van der Waals surface area contributed by atoms with E-state index in [-0.39, 0.29) is 5.97 Å². The Balaban J connectivity index is 2.94. The number of anilines is 2. The summed E-state index contributed by atoms with van der Waals surface area (Å²) in [6.07, 6.45) is 1.40. The van der Waals surface area contributed by atoms with Gasteiger partial charge in [0.2, 0.25) is 0 Å². The zero-order chi connectivity index (χ0) is 14.5. The second-order valence-corrected chi connectivity index (χ2v) is 5.29. The van der Waals surface area contributed by atoms with Crippen molar-refractivity contribution < 1.29 is 9.53 Å². The molecule has 106 valence electrons. The van der Waals surface area contributed by atoms with Gasteiger partial charge in [-0.05, 0) is 44.0 Å². The van der Waals surface area contributed by atoms with Gasteiger partial charge in [0.1, 0.15) is 0 Å². The summed E-state index contributed by atoms with van der Waals surface area (Å²) in [6.45, 7) is 6.05. The quantitative estimate of drug-likeness (QED) is 0.325. The first-order valence-corrected chi connectivity index (χ1v) is 6.91. The molecule has 0 radical (unpaired) electrons. The van der Waals surface area contributed by atoms with Crippen molar-refractivity contribution in [1.82, 2.24) is 0 Å². The normalized spacial score (nSPS) is 13.7. The first kappa shape index (κ1) is 15.7. The van der Waals surface area contributed by atoms with Gasteiger partial charge >= 0.3 is 5.97 Å². The molecular weight excluding hydrogens is 260 g/mol. The van der Waals surface area contributed by atoms with Crippen LogP contribution in [0.3, 0.4) is 0 Å². The molecule has 19 heavy (non-hydrogen) atoms. The molecule has 1 aromatic rings. The number of esters is 1. The highest BCUT2D eigenvalue weighted by atomic mass is 32.1. The monoisotopic (exact) mass is 282 g/mol. The minimum atomic E-state index is -1.01. The van der Waals surface area contributed by atoms with Gasteiger partial charge in [-0.15, -0.1) is 12.6 Å². The van der Waals surface area contributed by atoms with Crippen molar-refractivity contribution in [3.05, 3.63) is 23.8 Å². The summed E-state index contributed by atoms with van der Waals surface area (Å²) in [7, 11) is 0. The van der Waals surface area contributed by atoms with Crippen molar-refractivity contribution in [2.24, 2.45) is 0 Å². The van der Waals surface area contributed by atoms with E-state index in [0.29, 0.717) is 13.0 Å². The van der Waals surface area contributed by atoms with Crippen molar-refractivity contribution in [2.75, 3.05) is 17.7 Å². The average molecular weight is 282 g/mol. The molecule has 5 heteroatoms. The minimum Gasteiger partial charge on any atom is -0.464 e. The lowest BCUT2D eigenvalue weighted by Crippen LogP contribution is -2.42. The summed E-state index contributed by atoms with van der Waals surface area (Å²) in [5, 5.41) is 3.14. The molecule has 4 nitrogen and oxygen atoms in total. The fourth-order valence-electron chi connectivity index (χ4n) is 1.82. The molecule has 0 aliphatic heterocycles. The Bertz CT molecular complexity index is 451. The molecule has 1 atom stereocenters. The van der Waals surface area contributed by atoms with Crippen LogP contribution in [0.25, 0.3) is 0 Å². The number of benzene rings is 1. The number of nitrogen functional groups attached to an aromatic ring is 1. The van der Waals surface area contributed by atoms with Gasteiger partial charge in [0.15, 0.2) is 4.87 Å². The minimum absolute atomic E-state index is 0.341. The molecule has 0 aromatic heterocycles. The van der Waals surface area contributed by atoms with Crippen LogP contribution >= 0.6 is 12.6 Å². The molecule has 3 N–H and O–H groups in total. The molecule has 1 unspecified atom stereocenters. The van der Waals surface area contributed by atoms with E-state index in [1.165, 1.54) is 0 Å². The summed E-state index contributed by atoms with van der Waals surface area (Å²) >= 11 is 4.48. The van der Waals surface area contributed by atoms with Crippen LogP contribution in [0.1, 0.15) is 32.3 Å². The number of carbonyl (C=O) groups excluding carboxylic acids is 1. The molecule has 0 saturated carbocycles. The number of ether oxygens (including phenoxy) is 1. The van der Waals surface area contributed by atoms with Crippen molar-refractivity contribution in [3.63, 3.8) is 0 Å². The van der Waals surface area contributed by atoms with Gasteiger partial charge in [0.05, 0.1) is 6.61 Å². The molecule has 0 amide bonds. The Labute approximate surface area is 120 Å². The van der Waals surface area contributed by atoms with Crippen LogP contribution in [0.4, 0.5) is 11.4 Å². The predicted octanol–water partition coefficient (Wildman–Crippen LogP) is 2.98. The van der Waals surface area contributed by atoms with E-state index in [1.54, 1.807) is 6.92 Å². The summed E-state index contributed by atoms with van der Waals surface area (Å²) in [4.78, 5) is 11.0. The highest BCUT2D eigenvalue weighted by molar-refractivity contribution is 7.82. The fraction of sp³-hybridized carbons (Fsp3) is 0.500. The number of hydrogen-bond donors (Lipinski definition) is 3. The zero-order valence-electron chi connectivity index (χ0n) is 11.7. The molecule has 1 aromatic carbocycles. The summed E-state index contributed by atoms with van der Waals surface area (Å²) in [5.41, 5.74) is 8.27. The van der Waals surface area contributed by atoms with E-state index in [0.717, 1.165) is 23.4 Å². The first-order valence-electron chi connectivity index (χ1n) is 6.47. The van der Waals surface area contributed by atoms with Crippen molar-refractivity contribution in [1.29, 1.82) is 0 Å². The average Bonchev–Trinajstić information content (AvgIpc) is 2.34. The van der Waals surface area contributed by atoms with Gasteiger partial charge in [0.25, 0.3) is 0 Å². The molecule has 0 heterocycles. The summed E-state index contributed by atoms with van der Waals surface area (Å²) < 4.78 is 5.08. The summed E-state index contributed by atoms with van der Waals surface area (Å²) in [6, 6.07) is 5.54. The van der Waals surface area contributed by atoms with Crippen LogP contribution in [0.5, 0.6) is 0 Å². The lowest BCUT2D eigenvalue weighted by atomic mass is 10.1. The highest BCUT2D eigenvalue weighted by Gasteiger charge is 2.35. The van der Waals surface area contributed by atoms with Crippen LogP contribution < -0.4 is 11.1 Å². The second-order valence-electron chi connectivity index (χ2n) is 4.53. The molecule has 0 saturated heterocycles. The zero-order valence-corrected chi connectivity index (χ0v) is 12.6. The van der Waals surface area contributed by atoms with Gasteiger partial charge in [-0.3, -0.25) is 0 Å². The molecule has 0 fully saturated rings. The van der Waals surface area contributed by atoms with Gasteiger partial charge in [0, 0.05) is 11.4 Å². The van der Waals surface area contributed by atoms with E-state index in [2.05, 4.69) is 17.9 Å². The molecule has 0 aliphatic rings. The number of hydrogen-bond acceptors (Lipinski definition) is 5. The third-order valence-corrected chi connectivity index (χ3v) is 3.36. The number of rotatable bonds is 6. The Morgan fingerprint density at radius 3 is 2.68 bits per heavy atom. The van der Waals surface area contributed by atoms with Crippen molar-refractivity contribution >= 4 is 30.0 Å². The molecular formula is C14H22N2O2S. The Hall–Kier alpha value is -1.36. The number of thiol groups is 1. The topological polar surface area (TPSA) is 64.3 Å². The van der Waals surface area contributed by atoms with Gasteiger partial charge in [-0.1, -0.05) is 13.3 Å². The predicted molar refractivity (Wildman–Crippen MR) is 82.5 cm³/mol. The van der Waals surface area contributed by atoms with Crippen molar-refractivity contribution in [2.45, 2.75) is 38.5 Å². The number of nitrogens with two attached hydrogens (primary N) is 1. The smallest absolute Gasteiger partial charge is 0.342 e. The van der Waals surface area contributed by atoms with Gasteiger partial charge < -0.3 is 15.8 Å². The molecule has 0 spiro atoms. The van der Waals surface area contributed by atoms with E-state index < -0.39 is 4.87 Å². The maximum atomic E-state index is 12.0. The fourth-order valence-corrected chi connectivity index (χ4v) is 2.24. The maximum absolute atomic E-state index is 12.0. The standard InChI is InChI=1S/C14H22N2O2S/c1-4-8-14(19,13(17)18-5-2)16-11-6-7-12(15)10(3)9-11/h6-7,9,16,19H,4-5,8,15H2,1-3H3. The molecule has 1 rings (SSSR count). The van der Waals surface area contributed by atoms with E-state index in [4.69, 9.17) is 10.5 Å². The van der Waals surface area contributed by atoms with Crippen LogP contribution in [0.2, 0.25) is 0 Å². The molecule has 0 aliphatic carbocycles. The SMILES string of the molecule is CCCC(S)(Nc1ccc(N)c(C)c1)C(=O)OCC. The van der Waals surface area contributed by atoms with Crippen LogP contribution in [-0.4, -0.2) is 17.4 Å². The van der Waals surface area contributed by atoms with Crippen LogP contribution in [0.15, 0.2) is 18.2 Å². The van der Waals surface area contributed by atoms with Gasteiger partial charge in [-0.2, -0.15) is 0 Å².